The fourth-order valence-electron chi connectivity index (χ4n) is 1.94. The minimum absolute atomic E-state index is 0.345. The number of hydrogen-bond donors (Lipinski definition) is 0. The summed E-state index contributed by atoms with van der Waals surface area (Å²) in [6, 6.07) is 13.4. The maximum Gasteiger partial charge on any atom is 0.416 e. The van der Waals surface area contributed by atoms with Crippen molar-refractivity contribution in [3.63, 3.8) is 0 Å². The zero-order valence-corrected chi connectivity index (χ0v) is 11.6. The first-order valence-electron chi connectivity index (χ1n) is 5.86. The van der Waals surface area contributed by atoms with Crippen LogP contribution in [0.5, 0.6) is 0 Å². The standard InChI is InChI=1S/C15H12BrF3/c16-13-9-6-11(7-10-13)5-8-12-3-1-2-4-14(12)15(17,18)19/h1-4,6-7,9-10H,5,8H2. The Kier molecular flexibility index (Phi) is 4.30. The molecule has 0 bridgehead atoms. The first-order valence-corrected chi connectivity index (χ1v) is 6.65. The van der Waals surface area contributed by atoms with Gasteiger partial charge in [0.1, 0.15) is 0 Å². The van der Waals surface area contributed by atoms with Crippen LogP contribution in [-0.2, 0) is 19.0 Å². The van der Waals surface area contributed by atoms with E-state index in [1.165, 1.54) is 6.07 Å². The molecule has 0 nitrogen and oxygen atoms in total. The minimum Gasteiger partial charge on any atom is -0.166 e. The van der Waals surface area contributed by atoms with Crippen LogP contribution in [-0.4, -0.2) is 0 Å². The molecule has 0 fully saturated rings. The van der Waals surface area contributed by atoms with Crippen molar-refractivity contribution in [3.8, 4) is 0 Å². The normalized spacial score (nSPS) is 11.6. The average Bonchev–Trinajstić information content (AvgIpc) is 2.37. The smallest absolute Gasteiger partial charge is 0.166 e. The van der Waals surface area contributed by atoms with Crippen molar-refractivity contribution in [2.75, 3.05) is 0 Å². The van der Waals surface area contributed by atoms with Gasteiger partial charge in [-0.3, -0.25) is 0 Å². The van der Waals surface area contributed by atoms with Crippen molar-refractivity contribution in [1.82, 2.24) is 0 Å². The van der Waals surface area contributed by atoms with Crippen LogP contribution < -0.4 is 0 Å². The number of aryl methyl sites for hydroxylation is 2. The van der Waals surface area contributed by atoms with E-state index in [1.54, 1.807) is 12.1 Å². The average molecular weight is 329 g/mol. The van der Waals surface area contributed by atoms with Crippen molar-refractivity contribution in [2.45, 2.75) is 19.0 Å². The Morgan fingerprint density at radius 3 is 2.11 bits per heavy atom. The van der Waals surface area contributed by atoms with Crippen LogP contribution in [0, 0.1) is 0 Å². The number of rotatable bonds is 3. The number of alkyl halides is 3. The summed E-state index contributed by atoms with van der Waals surface area (Å²) < 4.78 is 39.4. The molecular weight excluding hydrogens is 317 g/mol. The fraction of sp³-hybridized carbons (Fsp3) is 0.200. The highest BCUT2D eigenvalue weighted by Gasteiger charge is 2.32. The molecule has 2 aromatic carbocycles. The Bertz CT molecular complexity index is 544. The van der Waals surface area contributed by atoms with Crippen molar-refractivity contribution in [3.05, 3.63) is 69.7 Å². The highest BCUT2D eigenvalue weighted by Crippen LogP contribution is 2.32. The molecule has 0 unspecified atom stereocenters. The molecule has 0 spiro atoms. The Morgan fingerprint density at radius 1 is 0.842 bits per heavy atom. The van der Waals surface area contributed by atoms with Crippen LogP contribution in [0.25, 0.3) is 0 Å². The zero-order valence-electron chi connectivity index (χ0n) is 10.0. The minimum atomic E-state index is -4.28. The lowest BCUT2D eigenvalue weighted by molar-refractivity contribution is -0.138. The van der Waals surface area contributed by atoms with Gasteiger partial charge in [0.2, 0.25) is 0 Å². The second-order valence-electron chi connectivity index (χ2n) is 4.28. The molecule has 0 aliphatic carbocycles. The van der Waals surface area contributed by atoms with Gasteiger partial charge in [0.25, 0.3) is 0 Å². The Labute approximate surface area is 118 Å². The topological polar surface area (TPSA) is 0 Å². The van der Waals surface area contributed by atoms with Gasteiger partial charge in [-0.15, -0.1) is 0 Å². The molecule has 0 saturated carbocycles. The predicted molar refractivity (Wildman–Crippen MR) is 73.0 cm³/mol. The van der Waals surface area contributed by atoms with E-state index >= 15 is 0 Å². The quantitative estimate of drug-likeness (QED) is 0.721. The maximum atomic E-state index is 12.8. The van der Waals surface area contributed by atoms with E-state index in [0.29, 0.717) is 18.4 Å². The molecule has 0 N–H and O–H groups in total. The monoisotopic (exact) mass is 328 g/mol. The van der Waals surface area contributed by atoms with E-state index in [4.69, 9.17) is 0 Å². The van der Waals surface area contributed by atoms with Gasteiger partial charge in [0, 0.05) is 4.47 Å². The van der Waals surface area contributed by atoms with Gasteiger partial charge in [-0.25, -0.2) is 0 Å². The van der Waals surface area contributed by atoms with Gasteiger partial charge in [-0.2, -0.15) is 13.2 Å². The lowest BCUT2D eigenvalue weighted by atomic mass is 9.99. The Morgan fingerprint density at radius 2 is 1.47 bits per heavy atom. The molecule has 0 amide bonds. The summed E-state index contributed by atoms with van der Waals surface area (Å²) in [6.07, 6.45) is -3.30. The van der Waals surface area contributed by atoms with Gasteiger partial charge in [0.15, 0.2) is 0 Å². The molecule has 0 aromatic heterocycles. The third-order valence-corrected chi connectivity index (χ3v) is 3.45. The van der Waals surface area contributed by atoms with Gasteiger partial charge in [-0.1, -0.05) is 46.3 Å². The number of halogens is 4. The summed E-state index contributed by atoms with van der Waals surface area (Å²) in [5.74, 6) is 0. The summed E-state index contributed by atoms with van der Waals surface area (Å²) in [6.45, 7) is 0. The molecule has 0 aliphatic heterocycles. The summed E-state index contributed by atoms with van der Waals surface area (Å²) >= 11 is 3.33. The molecule has 0 heterocycles. The first-order chi connectivity index (χ1) is 8.97. The summed E-state index contributed by atoms with van der Waals surface area (Å²) in [5.41, 5.74) is 0.838. The molecule has 100 valence electrons. The zero-order chi connectivity index (χ0) is 13.9. The number of hydrogen-bond acceptors (Lipinski definition) is 0. The van der Waals surface area contributed by atoms with E-state index in [2.05, 4.69) is 15.9 Å². The van der Waals surface area contributed by atoms with E-state index in [-0.39, 0.29) is 0 Å². The van der Waals surface area contributed by atoms with Crippen molar-refractivity contribution >= 4 is 15.9 Å². The molecule has 2 aromatic rings. The van der Waals surface area contributed by atoms with Gasteiger partial charge in [0.05, 0.1) is 5.56 Å². The van der Waals surface area contributed by atoms with Crippen molar-refractivity contribution in [2.24, 2.45) is 0 Å². The van der Waals surface area contributed by atoms with E-state index < -0.39 is 11.7 Å². The molecule has 0 atom stereocenters. The molecule has 19 heavy (non-hydrogen) atoms. The van der Waals surface area contributed by atoms with Crippen LogP contribution in [0.15, 0.2) is 53.0 Å². The lowest BCUT2D eigenvalue weighted by Gasteiger charge is -2.12. The van der Waals surface area contributed by atoms with Crippen LogP contribution >= 0.6 is 15.9 Å². The van der Waals surface area contributed by atoms with Gasteiger partial charge >= 0.3 is 6.18 Å². The SMILES string of the molecule is FC(F)(F)c1ccccc1CCc1ccc(Br)cc1. The molecule has 2 rings (SSSR count). The Balaban J connectivity index is 2.14. The highest BCUT2D eigenvalue weighted by atomic mass is 79.9. The second kappa shape index (κ2) is 5.78. The van der Waals surface area contributed by atoms with E-state index in [0.717, 1.165) is 16.1 Å². The van der Waals surface area contributed by atoms with Crippen molar-refractivity contribution < 1.29 is 13.2 Å². The molecule has 4 heteroatoms. The first kappa shape index (κ1) is 14.1. The third-order valence-electron chi connectivity index (χ3n) is 2.92. The molecule has 0 radical (unpaired) electrons. The summed E-state index contributed by atoms with van der Waals surface area (Å²) in [7, 11) is 0. The maximum absolute atomic E-state index is 12.8. The van der Waals surface area contributed by atoms with Gasteiger partial charge in [-0.05, 0) is 42.2 Å². The Hall–Kier alpha value is -1.29. The van der Waals surface area contributed by atoms with E-state index in [1.807, 2.05) is 24.3 Å². The fourth-order valence-corrected chi connectivity index (χ4v) is 2.21. The summed E-state index contributed by atoms with van der Waals surface area (Å²) in [5, 5.41) is 0. The largest absolute Gasteiger partial charge is 0.416 e. The van der Waals surface area contributed by atoms with Crippen molar-refractivity contribution in [1.29, 1.82) is 0 Å². The molecule has 0 aliphatic rings. The van der Waals surface area contributed by atoms with Crippen LogP contribution in [0.2, 0.25) is 0 Å². The van der Waals surface area contributed by atoms with Crippen LogP contribution in [0.1, 0.15) is 16.7 Å². The number of benzene rings is 2. The van der Waals surface area contributed by atoms with Gasteiger partial charge < -0.3 is 0 Å². The highest BCUT2D eigenvalue weighted by molar-refractivity contribution is 9.10. The summed E-state index contributed by atoms with van der Waals surface area (Å²) in [4.78, 5) is 0. The molecular formula is C15H12BrF3. The van der Waals surface area contributed by atoms with Crippen LogP contribution in [0.3, 0.4) is 0 Å². The van der Waals surface area contributed by atoms with E-state index in [9.17, 15) is 13.2 Å². The van der Waals surface area contributed by atoms with Crippen LogP contribution in [0.4, 0.5) is 13.2 Å². The lowest BCUT2D eigenvalue weighted by Crippen LogP contribution is -2.09. The second-order valence-corrected chi connectivity index (χ2v) is 5.20. The third kappa shape index (κ3) is 3.83. The predicted octanol–water partition coefficient (Wildman–Crippen LogP) is 5.25. The molecule has 0 saturated heterocycles.